The van der Waals surface area contributed by atoms with E-state index in [0.717, 1.165) is 0 Å². The van der Waals surface area contributed by atoms with E-state index in [-0.39, 0.29) is 0 Å². The standard InChI is InChI=1S/C10H11S/c1-2-5-9(4-1)8-10-6-3-7-11-10/h3,6-7H,1-2,4-5H2. The minimum atomic E-state index is 1.28. The van der Waals surface area contributed by atoms with Crippen LogP contribution in [0.4, 0.5) is 0 Å². The molecule has 0 bridgehead atoms. The van der Waals surface area contributed by atoms with E-state index in [0.29, 0.717) is 0 Å². The number of hydrogen-bond acceptors (Lipinski definition) is 1. The molecule has 0 spiro atoms. The van der Waals surface area contributed by atoms with E-state index >= 15 is 0 Å². The van der Waals surface area contributed by atoms with Crippen LogP contribution in [-0.4, -0.2) is 0 Å². The smallest absolute Gasteiger partial charge is 0.0348 e. The molecule has 1 saturated carbocycles. The molecule has 1 aliphatic rings. The van der Waals surface area contributed by atoms with Crippen molar-refractivity contribution in [1.82, 2.24) is 0 Å². The highest BCUT2D eigenvalue weighted by atomic mass is 32.1. The lowest BCUT2D eigenvalue weighted by Crippen LogP contribution is -1.72. The summed E-state index contributed by atoms with van der Waals surface area (Å²) in [6.45, 7) is 0. The topological polar surface area (TPSA) is 0 Å². The zero-order chi connectivity index (χ0) is 7.52. The van der Waals surface area contributed by atoms with Crippen LogP contribution in [0.5, 0.6) is 0 Å². The van der Waals surface area contributed by atoms with Crippen LogP contribution in [0, 0.1) is 6.08 Å². The SMILES string of the molecule is [C](=C1CCCC1)c1cccs1. The van der Waals surface area contributed by atoms with Gasteiger partial charge in [0.25, 0.3) is 0 Å². The van der Waals surface area contributed by atoms with Gasteiger partial charge in [-0.25, -0.2) is 0 Å². The molecule has 0 aromatic carbocycles. The van der Waals surface area contributed by atoms with E-state index < -0.39 is 0 Å². The Morgan fingerprint density at radius 1 is 1.27 bits per heavy atom. The third-order valence-electron chi connectivity index (χ3n) is 2.03. The fourth-order valence-electron chi connectivity index (χ4n) is 1.45. The lowest BCUT2D eigenvalue weighted by molar-refractivity contribution is 0.886. The zero-order valence-corrected chi connectivity index (χ0v) is 7.29. The van der Waals surface area contributed by atoms with Crippen molar-refractivity contribution < 1.29 is 0 Å². The normalized spacial score (nSPS) is 17.3. The molecular weight excluding hydrogens is 152 g/mol. The van der Waals surface area contributed by atoms with Crippen LogP contribution < -0.4 is 0 Å². The summed E-state index contributed by atoms with van der Waals surface area (Å²) in [7, 11) is 0. The van der Waals surface area contributed by atoms with Gasteiger partial charge in [0.2, 0.25) is 0 Å². The van der Waals surface area contributed by atoms with Gasteiger partial charge in [-0.15, -0.1) is 11.3 Å². The maximum Gasteiger partial charge on any atom is 0.0348 e. The Kier molecular flexibility index (Phi) is 2.08. The van der Waals surface area contributed by atoms with Crippen molar-refractivity contribution in [2.75, 3.05) is 0 Å². The highest BCUT2D eigenvalue weighted by Crippen LogP contribution is 2.25. The summed E-state index contributed by atoms with van der Waals surface area (Å²) in [6, 6.07) is 4.22. The van der Waals surface area contributed by atoms with Gasteiger partial charge in [-0.05, 0) is 43.2 Å². The molecule has 1 heteroatoms. The van der Waals surface area contributed by atoms with Gasteiger partial charge in [0.1, 0.15) is 0 Å². The van der Waals surface area contributed by atoms with Crippen molar-refractivity contribution in [3.63, 3.8) is 0 Å². The van der Waals surface area contributed by atoms with E-state index in [2.05, 4.69) is 23.6 Å². The van der Waals surface area contributed by atoms with Crippen molar-refractivity contribution in [3.05, 3.63) is 34.0 Å². The second kappa shape index (κ2) is 3.22. The molecule has 1 aromatic heterocycles. The van der Waals surface area contributed by atoms with E-state index in [4.69, 9.17) is 0 Å². The van der Waals surface area contributed by atoms with E-state index in [9.17, 15) is 0 Å². The van der Waals surface area contributed by atoms with Gasteiger partial charge in [-0.2, -0.15) is 0 Å². The lowest BCUT2D eigenvalue weighted by atomic mass is 10.2. The average molecular weight is 163 g/mol. The minimum Gasteiger partial charge on any atom is -0.144 e. The van der Waals surface area contributed by atoms with Crippen molar-refractivity contribution >= 4 is 11.3 Å². The Morgan fingerprint density at radius 2 is 2.09 bits per heavy atom. The van der Waals surface area contributed by atoms with Crippen molar-refractivity contribution in [1.29, 1.82) is 0 Å². The van der Waals surface area contributed by atoms with Gasteiger partial charge in [-0.1, -0.05) is 11.6 Å². The van der Waals surface area contributed by atoms with Crippen LogP contribution in [0.15, 0.2) is 23.1 Å². The molecule has 0 atom stereocenters. The van der Waals surface area contributed by atoms with Crippen LogP contribution in [0.3, 0.4) is 0 Å². The maximum atomic E-state index is 3.46. The van der Waals surface area contributed by atoms with Gasteiger partial charge in [0, 0.05) is 4.88 Å². The first kappa shape index (κ1) is 7.11. The van der Waals surface area contributed by atoms with Gasteiger partial charge in [-0.3, -0.25) is 0 Å². The molecular formula is C10H11S. The van der Waals surface area contributed by atoms with Gasteiger partial charge in [0.05, 0.1) is 0 Å². The molecule has 0 nitrogen and oxygen atoms in total. The highest BCUT2D eigenvalue weighted by molar-refractivity contribution is 7.10. The minimum absolute atomic E-state index is 1.28. The fourth-order valence-corrected chi connectivity index (χ4v) is 2.11. The van der Waals surface area contributed by atoms with E-state index in [1.807, 2.05) is 0 Å². The molecule has 57 valence electrons. The summed E-state index contributed by atoms with van der Waals surface area (Å²) < 4.78 is 0. The molecule has 1 aromatic rings. The summed E-state index contributed by atoms with van der Waals surface area (Å²) in [5.74, 6) is 0. The summed E-state index contributed by atoms with van der Waals surface area (Å²) in [6.07, 6.45) is 8.74. The first-order valence-corrected chi connectivity index (χ1v) is 4.98. The Balaban J connectivity index is 2.13. The van der Waals surface area contributed by atoms with Crippen LogP contribution in [0.25, 0.3) is 0 Å². The summed E-state index contributed by atoms with van der Waals surface area (Å²) in [5, 5.41) is 2.11. The summed E-state index contributed by atoms with van der Waals surface area (Å²) in [4.78, 5) is 1.29. The second-order valence-electron chi connectivity index (χ2n) is 2.91. The maximum absolute atomic E-state index is 3.46. The third kappa shape index (κ3) is 1.72. The lowest BCUT2D eigenvalue weighted by Gasteiger charge is -1.90. The first-order valence-electron chi connectivity index (χ1n) is 4.10. The molecule has 0 amide bonds. The molecule has 0 N–H and O–H groups in total. The monoisotopic (exact) mass is 163 g/mol. The van der Waals surface area contributed by atoms with Crippen LogP contribution in [0.1, 0.15) is 30.6 Å². The van der Waals surface area contributed by atoms with Gasteiger partial charge in [0.15, 0.2) is 0 Å². The predicted molar refractivity (Wildman–Crippen MR) is 48.6 cm³/mol. The van der Waals surface area contributed by atoms with E-state index in [1.54, 1.807) is 11.3 Å². The Hall–Kier alpha value is -0.560. The third-order valence-corrected chi connectivity index (χ3v) is 2.81. The van der Waals surface area contributed by atoms with Gasteiger partial charge < -0.3 is 0 Å². The Bertz CT molecular complexity index is 236. The molecule has 11 heavy (non-hydrogen) atoms. The molecule has 2 rings (SSSR count). The Labute approximate surface area is 71.6 Å². The second-order valence-corrected chi connectivity index (χ2v) is 3.86. The molecule has 0 saturated heterocycles. The zero-order valence-electron chi connectivity index (χ0n) is 6.47. The molecule has 1 radical (unpaired) electrons. The summed E-state index contributed by atoms with van der Waals surface area (Å²) in [5.41, 5.74) is 1.52. The largest absolute Gasteiger partial charge is 0.144 e. The molecule has 1 heterocycles. The van der Waals surface area contributed by atoms with Crippen molar-refractivity contribution in [3.8, 4) is 0 Å². The first-order chi connectivity index (χ1) is 5.45. The molecule has 0 unspecified atom stereocenters. The molecule has 1 fully saturated rings. The van der Waals surface area contributed by atoms with Crippen LogP contribution in [-0.2, 0) is 0 Å². The van der Waals surface area contributed by atoms with E-state index in [1.165, 1.54) is 36.1 Å². The number of rotatable bonds is 1. The van der Waals surface area contributed by atoms with Crippen LogP contribution in [0.2, 0.25) is 0 Å². The fraction of sp³-hybridized carbons (Fsp3) is 0.400. The number of thiophene rings is 1. The molecule has 1 aliphatic carbocycles. The number of allylic oxidation sites excluding steroid dienone is 1. The number of hydrogen-bond donors (Lipinski definition) is 0. The quantitative estimate of drug-likeness (QED) is 0.595. The van der Waals surface area contributed by atoms with Crippen molar-refractivity contribution in [2.24, 2.45) is 0 Å². The van der Waals surface area contributed by atoms with Crippen molar-refractivity contribution in [2.45, 2.75) is 25.7 Å². The average Bonchev–Trinajstić information content (AvgIpc) is 2.60. The highest BCUT2D eigenvalue weighted by Gasteiger charge is 2.06. The van der Waals surface area contributed by atoms with Gasteiger partial charge >= 0.3 is 0 Å². The summed E-state index contributed by atoms with van der Waals surface area (Å²) >= 11 is 1.78. The Morgan fingerprint density at radius 3 is 2.73 bits per heavy atom. The molecule has 0 aliphatic heterocycles. The predicted octanol–water partition coefficient (Wildman–Crippen LogP) is 3.40. The van der Waals surface area contributed by atoms with Crippen LogP contribution >= 0.6 is 11.3 Å².